The maximum atomic E-state index is 2.43. The fraction of sp³-hybridized carbons (Fsp3) is 0.160. The number of hydrogen-bond donors (Lipinski definition) is 0. The van der Waals surface area contributed by atoms with Crippen LogP contribution in [0.25, 0.3) is 47.7 Å². The van der Waals surface area contributed by atoms with Gasteiger partial charge in [0.1, 0.15) is 0 Å². The van der Waals surface area contributed by atoms with Gasteiger partial charge in [-0.3, -0.25) is 0 Å². The summed E-state index contributed by atoms with van der Waals surface area (Å²) in [6.07, 6.45) is 0. The van der Waals surface area contributed by atoms with Crippen LogP contribution in [-0.2, 0) is 10.8 Å². The largest absolute Gasteiger partial charge is 0.139 e. The van der Waals surface area contributed by atoms with E-state index >= 15 is 0 Å². The Morgan fingerprint density at radius 2 is 0.571 bits per heavy atom. The third-order valence-electron chi connectivity index (χ3n) is 12.3. The van der Waals surface area contributed by atoms with Crippen molar-refractivity contribution in [2.24, 2.45) is 0 Å². The fourth-order valence-electron chi connectivity index (χ4n) is 9.90. The molecule has 0 saturated heterocycles. The Morgan fingerprint density at radius 3 is 0.875 bits per heavy atom. The zero-order valence-electron chi connectivity index (χ0n) is 31.8. The second-order valence-corrected chi connectivity index (χ2v) is 22.6. The number of benzene rings is 4. The van der Waals surface area contributed by atoms with E-state index in [1.54, 1.807) is 0 Å². The molecule has 0 N–H and O–H groups in total. The highest BCUT2D eigenvalue weighted by molar-refractivity contribution is 7.37. The Bertz CT molecular complexity index is 2910. The van der Waals surface area contributed by atoms with Gasteiger partial charge in [0.2, 0.25) is 0 Å². The molecule has 6 aromatic heterocycles. The van der Waals surface area contributed by atoms with Gasteiger partial charge in [-0.1, -0.05) is 119 Å². The van der Waals surface area contributed by atoms with Gasteiger partial charge in [0, 0.05) is 41.4 Å². The van der Waals surface area contributed by atoms with Crippen molar-refractivity contribution in [1.82, 2.24) is 0 Å². The van der Waals surface area contributed by atoms with Crippen molar-refractivity contribution in [3.8, 4) is 19.5 Å². The highest BCUT2D eigenvalue weighted by atomic mass is 32.1. The summed E-state index contributed by atoms with van der Waals surface area (Å²) in [5, 5.41) is 0. The number of fused-ring (bicyclic) bond motifs is 13. The lowest BCUT2D eigenvalue weighted by atomic mass is 9.67. The minimum Gasteiger partial charge on any atom is -0.139 e. The third kappa shape index (κ3) is 4.22. The molecule has 0 bridgehead atoms. The Balaban J connectivity index is 1.28. The first-order chi connectivity index (χ1) is 27.2. The van der Waals surface area contributed by atoms with Gasteiger partial charge >= 0.3 is 0 Å². The van der Waals surface area contributed by atoms with Gasteiger partial charge in [-0.05, 0) is 75.9 Å². The molecule has 0 saturated carbocycles. The molecule has 2 aliphatic rings. The summed E-state index contributed by atoms with van der Waals surface area (Å²) in [5.41, 5.74) is 15.7. The number of thiophene rings is 6. The molecule has 0 fully saturated rings. The molecule has 2 aliphatic carbocycles. The molecule has 0 nitrogen and oxygen atoms in total. The van der Waals surface area contributed by atoms with Crippen molar-refractivity contribution in [3.05, 3.63) is 186 Å². The van der Waals surface area contributed by atoms with E-state index in [4.69, 9.17) is 0 Å². The normalized spacial score (nSPS) is 14.9. The van der Waals surface area contributed by atoms with Crippen LogP contribution >= 0.6 is 68.0 Å². The van der Waals surface area contributed by atoms with Gasteiger partial charge in [-0.2, -0.15) is 0 Å². The lowest BCUT2D eigenvalue weighted by Crippen LogP contribution is -2.29. The van der Waals surface area contributed by atoms with Gasteiger partial charge in [0.05, 0.1) is 49.1 Å². The molecule has 4 aromatic carbocycles. The predicted molar refractivity (Wildman–Crippen MR) is 249 cm³/mol. The van der Waals surface area contributed by atoms with Crippen LogP contribution in [0, 0.1) is 41.5 Å². The van der Waals surface area contributed by atoms with Crippen LogP contribution in [0.3, 0.4) is 0 Å². The molecule has 0 atom stereocenters. The van der Waals surface area contributed by atoms with Crippen molar-refractivity contribution in [2.45, 2.75) is 52.4 Å². The minimum absolute atomic E-state index is 0.440. The molecule has 0 unspecified atom stereocenters. The minimum atomic E-state index is -0.440. The van der Waals surface area contributed by atoms with E-state index in [0.29, 0.717) is 0 Å². The van der Waals surface area contributed by atoms with E-state index in [9.17, 15) is 0 Å². The topological polar surface area (TPSA) is 0 Å². The molecule has 272 valence electrons. The van der Waals surface area contributed by atoms with Gasteiger partial charge in [0.25, 0.3) is 0 Å². The van der Waals surface area contributed by atoms with Crippen molar-refractivity contribution < 1.29 is 0 Å². The van der Waals surface area contributed by atoms with Crippen molar-refractivity contribution in [1.29, 1.82) is 0 Å². The first kappa shape index (κ1) is 33.9. The van der Waals surface area contributed by atoms with E-state index < -0.39 is 10.8 Å². The Hall–Kier alpha value is -4.14. The summed E-state index contributed by atoms with van der Waals surface area (Å²) < 4.78 is 8.66. The van der Waals surface area contributed by atoms with Crippen LogP contribution in [0.5, 0.6) is 0 Å². The van der Waals surface area contributed by atoms with E-state index in [1.165, 1.54) is 124 Å². The van der Waals surface area contributed by atoms with Crippen molar-refractivity contribution >= 4 is 96.2 Å². The molecule has 0 aliphatic heterocycles. The molecular formula is C50H36S6. The standard InChI is InChI=1S/C50H36S6/c1-25-7-15-31(16-8-25)49(32-17-9-26(2)10-18-32)37-41-35(23-29(5)51-41)53-43(37)45-39(49)47-48(55-45)40-46(56-47)44-38(42-36(54-44)24-30(6)52-42)50(40,33-19-11-27(3)12-20-33)34-21-13-28(4)14-22-34/h7-24H,1-6H3. The van der Waals surface area contributed by atoms with Crippen LogP contribution in [0.15, 0.2) is 109 Å². The van der Waals surface area contributed by atoms with Gasteiger partial charge in [-0.25, -0.2) is 0 Å². The summed E-state index contributed by atoms with van der Waals surface area (Å²) in [4.78, 5) is 8.62. The highest BCUT2D eigenvalue weighted by Gasteiger charge is 2.56. The zero-order valence-corrected chi connectivity index (χ0v) is 36.7. The maximum absolute atomic E-state index is 2.43. The molecule has 6 heterocycles. The summed E-state index contributed by atoms with van der Waals surface area (Å²) in [7, 11) is 0. The number of hydrogen-bond acceptors (Lipinski definition) is 6. The molecule has 6 heteroatoms. The SMILES string of the molecule is Cc1ccc(C2(c3ccc(C)cc3)c3c(sc4cc(C)sc34)-c3sc4c5c(sc4c32)-c2sc3cc(C)sc3c2C5(c2ccc(C)cc2)c2ccc(C)cc2)cc1. The van der Waals surface area contributed by atoms with Gasteiger partial charge in [-0.15, -0.1) is 68.0 Å². The van der Waals surface area contributed by atoms with Crippen LogP contribution in [0.1, 0.15) is 76.5 Å². The summed E-state index contributed by atoms with van der Waals surface area (Å²) in [6.45, 7) is 13.4. The Labute approximate surface area is 351 Å². The highest BCUT2D eigenvalue weighted by Crippen LogP contribution is 2.72. The smallest absolute Gasteiger partial charge is 0.0759 e. The summed E-state index contributed by atoms with van der Waals surface area (Å²) in [5.74, 6) is 0. The van der Waals surface area contributed by atoms with Crippen LogP contribution in [-0.4, -0.2) is 0 Å². The molecule has 10 aromatic rings. The Morgan fingerprint density at radius 1 is 0.304 bits per heavy atom. The average molecular weight is 829 g/mol. The number of aryl methyl sites for hydroxylation is 6. The molecule has 12 rings (SSSR count). The quantitative estimate of drug-likeness (QED) is 0.166. The lowest BCUT2D eigenvalue weighted by molar-refractivity contribution is 0.783. The molecule has 0 radical (unpaired) electrons. The molecule has 0 spiro atoms. The average Bonchev–Trinajstić information content (AvgIpc) is 4.05. The van der Waals surface area contributed by atoms with Crippen LogP contribution in [0.2, 0.25) is 0 Å². The Kier molecular flexibility index (Phi) is 7.11. The second-order valence-electron chi connectivity index (χ2n) is 15.9. The van der Waals surface area contributed by atoms with Crippen LogP contribution < -0.4 is 0 Å². The third-order valence-corrected chi connectivity index (χ3v) is 19.9. The predicted octanol–water partition coefficient (Wildman–Crippen LogP) is 16.1. The van der Waals surface area contributed by atoms with E-state index in [1.807, 2.05) is 45.3 Å². The summed E-state index contributed by atoms with van der Waals surface area (Å²) >= 11 is 12.1. The lowest BCUT2D eigenvalue weighted by Gasteiger charge is -2.34. The molecule has 56 heavy (non-hydrogen) atoms. The monoisotopic (exact) mass is 828 g/mol. The van der Waals surface area contributed by atoms with E-state index in [2.05, 4.69) is 173 Å². The van der Waals surface area contributed by atoms with E-state index in [-0.39, 0.29) is 0 Å². The van der Waals surface area contributed by atoms with Crippen molar-refractivity contribution in [3.63, 3.8) is 0 Å². The van der Waals surface area contributed by atoms with E-state index in [0.717, 1.165) is 0 Å². The van der Waals surface area contributed by atoms with Gasteiger partial charge in [0.15, 0.2) is 0 Å². The first-order valence-corrected chi connectivity index (χ1v) is 24.0. The maximum Gasteiger partial charge on any atom is 0.0759 e. The summed E-state index contributed by atoms with van der Waals surface area (Å²) in [6, 6.07) is 42.9. The first-order valence-electron chi connectivity index (χ1n) is 19.1. The van der Waals surface area contributed by atoms with Gasteiger partial charge < -0.3 is 0 Å². The van der Waals surface area contributed by atoms with Crippen LogP contribution in [0.4, 0.5) is 0 Å². The number of rotatable bonds is 4. The van der Waals surface area contributed by atoms with Crippen molar-refractivity contribution in [2.75, 3.05) is 0 Å². The second kappa shape index (κ2) is 11.7. The molecule has 0 amide bonds. The fourth-order valence-corrected chi connectivity index (χ4v) is 18.6. The molecular weight excluding hydrogens is 793 g/mol. The zero-order chi connectivity index (χ0) is 37.8.